The Morgan fingerprint density at radius 2 is 1.93 bits per heavy atom. The van der Waals surface area contributed by atoms with Crippen LogP contribution in [-0.4, -0.2) is 18.9 Å². The van der Waals surface area contributed by atoms with Crippen molar-refractivity contribution in [3.05, 3.63) is 70.8 Å². The summed E-state index contributed by atoms with van der Waals surface area (Å²) in [6.07, 6.45) is -1.85. The molecule has 1 saturated heterocycles. The van der Waals surface area contributed by atoms with E-state index in [1.807, 2.05) is 12.1 Å². The Kier molecular flexibility index (Phi) is 6.00. The number of halogens is 3. The number of nitrogens with one attached hydrogen (secondary N) is 1. The molecule has 144 valence electrons. The summed E-state index contributed by atoms with van der Waals surface area (Å²) in [6.45, 7) is 3.71. The number of Topliss-reactive ketones (excluding diaryl/α,β-unsaturated/α-hetero) is 1. The van der Waals surface area contributed by atoms with Crippen molar-refractivity contribution in [2.24, 2.45) is 0 Å². The molecule has 1 aliphatic rings. The normalized spacial score (nSPS) is 18.9. The molecule has 0 radical (unpaired) electrons. The van der Waals surface area contributed by atoms with Crippen LogP contribution >= 0.6 is 0 Å². The number of ketones is 1. The summed E-state index contributed by atoms with van der Waals surface area (Å²) in [5.74, 6) is -0.150. The Balaban J connectivity index is 1.66. The molecule has 2 aromatic carbocycles. The highest BCUT2D eigenvalue weighted by Crippen LogP contribution is 2.31. The Labute approximate surface area is 157 Å². The van der Waals surface area contributed by atoms with Crippen molar-refractivity contribution in [2.45, 2.75) is 44.2 Å². The van der Waals surface area contributed by atoms with Crippen molar-refractivity contribution in [2.75, 3.05) is 13.1 Å². The van der Waals surface area contributed by atoms with E-state index in [1.165, 1.54) is 18.1 Å². The molecule has 0 spiro atoms. The van der Waals surface area contributed by atoms with Crippen LogP contribution in [0.5, 0.6) is 0 Å². The molecule has 2 aromatic rings. The highest BCUT2D eigenvalue weighted by Gasteiger charge is 2.31. The van der Waals surface area contributed by atoms with Crippen molar-refractivity contribution < 1.29 is 18.0 Å². The zero-order chi connectivity index (χ0) is 19.4. The molecule has 1 N–H and O–H groups in total. The topological polar surface area (TPSA) is 29.1 Å². The lowest BCUT2D eigenvalue weighted by Gasteiger charge is -2.23. The number of carbonyl (C=O) groups is 1. The molecule has 0 bridgehead atoms. The molecule has 27 heavy (non-hydrogen) atoms. The van der Waals surface area contributed by atoms with E-state index in [9.17, 15) is 18.0 Å². The summed E-state index contributed by atoms with van der Waals surface area (Å²) in [5.41, 5.74) is 1.85. The third-order valence-corrected chi connectivity index (χ3v) is 5.32. The number of alkyl halides is 3. The molecular formula is C22H24F3NO. The minimum Gasteiger partial charge on any atom is -0.316 e. The van der Waals surface area contributed by atoms with Crippen molar-refractivity contribution in [1.29, 1.82) is 0 Å². The molecule has 0 saturated carbocycles. The van der Waals surface area contributed by atoms with Gasteiger partial charge in [-0.05, 0) is 48.1 Å². The fourth-order valence-electron chi connectivity index (χ4n) is 3.57. The van der Waals surface area contributed by atoms with Gasteiger partial charge in [0.05, 0.1) is 5.56 Å². The summed E-state index contributed by atoms with van der Waals surface area (Å²) in [7, 11) is 0. The van der Waals surface area contributed by atoms with Gasteiger partial charge < -0.3 is 5.32 Å². The molecule has 5 heteroatoms. The molecule has 2 unspecified atom stereocenters. The van der Waals surface area contributed by atoms with Crippen LogP contribution in [-0.2, 0) is 17.4 Å². The molecule has 1 fully saturated rings. The fourth-order valence-corrected chi connectivity index (χ4v) is 3.57. The van der Waals surface area contributed by atoms with Crippen molar-refractivity contribution in [1.82, 2.24) is 5.32 Å². The average Bonchev–Trinajstić information content (AvgIpc) is 2.68. The average molecular weight is 375 g/mol. The molecule has 1 heterocycles. The maximum Gasteiger partial charge on any atom is 0.416 e. The summed E-state index contributed by atoms with van der Waals surface area (Å²) in [4.78, 5) is 12.6. The monoisotopic (exact) mass is 375 g/mol. The van der Waals surface area contributed by atoms with Gasteiger partial charge in [-0.25, -0.2) is 0 Å². The van der Waals surface area contributed by atoms with Crippen LogP contribution < -0.4 is 5.32 Å². The van der Waals surface area contributed by atoms with E-state index in [4.69, 9.17) is 0 Å². The Hall–Kier alpha value is -2.14. The first kappa shape index (κ1) is 19.6. The molecule has 0 aliphatic carbocycles. The molecule has 3 rings (SSSR count). The molecular weight excluding hydrogens is 351 g/mol. The first-order chi connectivity index (χ1) is 12.8. The first-order valence-electron chi connectivity index (χ1n) is 9.34. The van der Waals surface area contributed by atoms with Gasteiger partial charge in [-0.15, -0.1) is 0 Å². The minimum atomic E-state index is -4.40. The summed E-state index contributed by atoms with van der Waals surface area (Å²) < 4.78 is 38.6. The lowest BCUT2D eigenvalue weighted by atomic mass is 9.89. The molecule has 0 aromatic heterocycles. The van der Waals surface area contributed by atoms with Crippen LogP contribution in [0.3, 0.4) is 0 Å². The van der Waals surface area contributed by atoms with E-state index in [0.29, 0.717) is 11.5 Å². The van der Waals surface area contributed by atoms with Gasteiger partial charge in [0.25, 0.3) is 0 Å². The number of rotatable bonds is 5. The van der Waals surface area contributed by atoms with Gasteiger partial charge >= 0.3 is 6.18 Å². The fraction of sp³-hybridized carbons (Fsp3) is 0.409. The summed E-state index contributed by atoms with van der Waals surface area (Å²) in [5, 5.41) is 3.39. The quantitative estimate of drug-likeness (QED) is 0.789. The number of carbonyl (C=O) groups excluding carboxylic acids is 1. The zero-order valence-corrected chi connectivity index (χ0v) is 15.4. The Morgan fingerprint density at radius 3 is 2.56 bits per heavy atom. The number of piperidine rings is 1. The zero-order valence-electron chi connectivity index (χ0n) is 15.4. The highest BCUT2D eigenvalue weighted by molar-refractivity contribution is 5.87. The van der Waals surface area contributed by atoms with E-state index in [0.717, 1.165) is 37.2 Å². The maximum atomic E-state index is 12.9. The standard InChI is InChI=1S/C22H24F3NO/c1-15(18-4-2-6-20(13-18)22(23,24)25)21(27)12-16-7-9-17(10-8-16)19-5-3-11-26-14-19/h2,4,6-10,13,15,19,26H,3,5,11-12,14H2,1H3. The van der Waals surface area contributed by atoms with Crippen LogP contribution in [0, 0.1) is 0 Å². The second kappa shape index (κ2) is 8.26. The van der Waals surface area contributed by atoms with E-state index in [1.54, 1.807) is 13.0 Å². The van der Waals surface area contributed by atoms with Crippen molar-refractivity contribution in [3.8, 4) is 0 Å². The number of hydrogen-bond donors (Lipinski definition) is 1. The second-order valence-electron chi connectivity index (χ2n) is 7.27. The third-order valence-electron chi connectivity index (χ3n) is 5.32. The van der Waals surface area contributed by atoms with Crippen LogP contribution in [0.1, 0.15) is 53.9 Å². The van der Waals surface area contributed by atoms with Crippen molar-refractivity contribution >= 4 is 5.78 Å². The predicted molar refractivity (Wildman–Crippen MR) is 99.9 cm³/mol. The Bertz CT molecular complexity index is 777. The highest BCUT2D eigenvalue weighted by atomic mass is 19.4. The third kappa shape index (κ3) is 4.98. The summed E-state index contributed by atoms with van der Waals surface area (Å²) >= 11 is 0. The SMILES string of the molecule is CC(C(=O)Cc1ccc(C2CCCNC2)cc1)c1cccc(C(F)(F)F)c1. The first-order valence-corrected chi connectivity index (χ1v) is 9.34. The largest absolute Gasteiger partial charge is 0.416 e. The predicted octanol–water partition coefficient (Wildman–Crippen LogP) is 5.09. The summed E-state index contributed by atoms with van der Waals surface area (Å²) in [6, 6.07) is 13.1. The van der Waals surface area contributed by atoms with E-state index >= 15 is 0 Å². The van der Waals surface area contributed by atoms with Gasteiger partial charge in [-0.3, -0.25) is 4.79 Å². The molecule has 2 nitrogen and oxygen atoms in total. The second-order valence-corrected chi connectivity index (χ2v) is 7.27. The van der Waals surface area contributed by atoms with E-state index in [2.05, 4.69) is 17.4 Å². The molecule has 1 aliphatic heterocycles. The number of benzene rings is 2. The van der Waals surface area contributed by atoms with Crippen LogP contribution in [0.4, 0.5) is 13.2 Å². The van der Waals surface area contributed by atoms with Gasteiger partial charge in [0, 0.05) is 18.9 Å². The number of hydrogen-bond acceptors (Lipinski definition) is 2. The lowest BCUT2D eigenvalue weighted by molar-refractivity contribution is -0.137. The van der Waals surface area contributed by atoms with E-state index < -0.39 is 17.7 Å². The van der Waals surface area contributed by atoms with Crippen molar-refractivity contribution in [3.63, 3.8) is 0 Å². The minimum absolute atomic E-state index is 0.0820. The smallest absolute Gasteiger partial charge is 0.316 e. The van der Waals surface area contributed by atoms with Gasteiger partial charge in [-0.2, -0.15) is 13.2 Å². The van der Waals surface area contributed by atoms with Gasteiger partial charge in [0.15, 0.2) is 0 Å². The van der Waals surface area contributed by atoms with Gasteiger partial charge in [-0.1, -0.05) is 49.4 Å². The van der Waals surface area contributed by atoms with Gasteiger partial charge in [0.2, 0.25) is 0 Å². The Morgan fingerprint density at radius 1 is 1.19 bits per heavy atom. The van der Waals surface area contributed by atoms with Crippen LogP contribution in [0.25, 0.3) is 0 Å². The van der Waals surface area contributed by atoms with E-state index in [-0.39, 0.29) is 12.2 Å². The van der Waals surface area contributed by atoms with Gasteiger partial charge in [0.1, 0.15) is 5.78 Å². The van der Waals surface area contributed by atoms with Crippen LogP contribution in [0.15, 0.2) is 48.5 Å². The lowest BCUT2D eigenvalue weighted by Crippen LogP contribution is -2.28. The molecule has 0 amide bonds. The van der Waals surface area contributed by atoms with Crippen LogP contribution in [0.2, 0.25) is 0 Å². The maximum absolute atomic E-state index is 12.9. The molecule has 2 atom stereocenters.